The van der Waals surface area contributed by atoms with Crippen molar-refractivity contribution in [1.82, 2.24) is 0 Å². The van der Waals surface area contributed by atoms with E-state index in [1.807, 2.05) is 12.1 Å². The largest absolute Gasteiger partial charge is 0.454 e. The average Bonchev–Trinajstić information content (AvgIpc) is 3.13. The summed E-state index contributed by atoms with van der Waals surface area (Å²) in [5.41, 5.74) is 0.849. The maximum atomic E-state index is 10.5. The van der Waals surface area contributed by atoms with Crippen LogP contribution >= 0.6 is 11.6 Å². The molecule has 108 valence electrons. The number of halogens is 1. The lowest BCUT2D eigenvalue weighted by atomic mass is 9.83. The molecule has 20 heavy (non-hydrogen) atoms. The molecule has 1 aromatic carbocycles. The summed E-state index contributed by atoms with van der Waals surface area (Å²) in [5, 5.41) is 11.0. The molecule has 4 heteroatoms. The van der Waals surface area contributed by atoms with Crippen molar-refractivity contribution in [2.45, 2.75) is 38.2 Å². The first-order valence-corrected chi connectivity index (χ1v) is 7.85. The Morgan fingerprint density at radius 1 is 1.25 bits per heavy atom. The van der Waals surface area contributed by atoms with Gasteiger partial charge in [-0.25, -0.2) is 0 Å². The minimum atomic E-state index is -0.452. The second-order valence-electron chi connectivity index (χ2n) is 6.42. The predicted octanol–water partition coefficient (Wildman–Crippen LogP) is 3.93. The van der Waals surface area contributed by atoms with E-state index < -0.39 is 6.10 Å². The molecule has 0 aromatic heterocycles. The van der Waals surface area contributed by atoms with Crippen molar-refractivity contribution in [3.63, 3.8) is 0 Å². The Balaban J connectivity index is 1.51. The van der Waals surface area contributed by atoms with Gasteiger partial charge >= 0.3 is 0 Å². The molecule has 4 unspecified atom stereocenters. The van der Waals surface area contributed by atoms with Gasteiger partial charge in [-0.05, 0) is 61.1 Å². The quantitative estimate of drug-likeness (QED) is 0.918. The molecule has 1 N–H and O–H groups in total. The molecule has 2 aliphatic carbocycles. The fourth-order valence-corrected chi connectivity index (χ4v) is 4.54. The lowest BCUT2D eigenvalue weighted by molar-refractivity contribution is 0.125. The summed E-state index contributed by atoms with van der Waals surface area (Å²) in [5.74, 6) is 3.67. The summed E-state index contributed by atoms with van der Waals surface area (Å²) in [6.45, 7) is 0.209. The molecule has 4 rings (SSSR count). The SMILES string of the molecule is OC(CC1CC2CCC1C2)c1cc(Cl)c2c(c1)OCO2. The normalized spacial score (nSPS) is 31.8. The number of hydrogen-bond acceptors (Lipinski definition) is 3. The number of benzene rings is 1. The fraction of sp³-hybridized carbons (Fsp3) is 0.625. The second kappa shape index (κ2) is 4.81. The Kier molecular flexibility index (Phi) is 3.08. The number of fused-ring (bicyclic) bond motifs is 3. The second-order valence-corrected chi connectivity index (χ2v) is 6.83. The van der Waals surface area contributed by atoms with E-state index in [2.05, 4.69) is 0 Å². The van der Waals surface area contributed by atoms with E-state index in [1.54, 1.807) is 0 Å². The van der Waals surface area contributed by atoms with Gasteiger partial charge in [0, 0.05) is 0 Å². The van der Waals surface area contributed by atoms with Crippen molar-refractivity contribution < 1.29 is 14.6 Å². The van der Waals surface area contributed by atoms with E-state index >= 15 is 0 Å². The van der Waals surface area contributed by atoms with Crippen molar-refractivity contribution >= 4 is 11.6 Å². The van der Waals surface area contributed by atoms with Gasteiger partial charge < -0.3 is 14.6 Å². The van der Waals surface area contributed by atoms with Gasteiger partial charge in [-0.3, -0.25) is 0 Å². The van der Waals surface area contributed by atoms with Crippen LogP contribution in [-0.2, 0) is 0 Å². The van der Waals surface area contributed by atoms with E-state index in [0.29, 0.717) is 22.4 Å². The van der Waals surface area contributed by atoms with Gasteiger partial charge in [0.1, 0.15) is 0 Å². The smallest absolute Gasteiger partial charge is 0.231 e. The monoisotopic (exact) mass is 294 g/mol. The lowest BCUT2D eigenvalue weighted by Crippen LogP contribution is -2.14. The third-order valence-corrected chi connectivity index (χ3v) is 5.53. The molecule has 4 atom stereocenters. The highest BCUT2D eigenvalue weighted by molar-refractivity contribution is 6.32. The van der Waals surface area contributed by atoms with Crippen molar-refractivity contribution in [2.75, 3.05) is 6.79 Å². The summed E-state index contributed by atoms with van der Waals surface area (Å²) < 4.78 is 10.7. The average molecular weight is 295 g/mol. The van der Waals surface area contributed by atoms with E-state index in [-0.39, 0.29) is 6.79 Å². The minimum Gasteiger partial charge on any atom is -0.454 e. The summed E-state index contributed by atoms with van der Waals surface area (Å²) in [6.07, 6.45) is 5.80. The van der Waals surface area contributed by atoms with Crippen LogP contribution in [0.3, 0.4) is 0 Å². The Labute approximate surface area is 123 Å². The van der Waals surface area contributed by atoms with Crippen LogP contribution in [0.5, 0.6) is 11.5 Å². The highest BCUT2D eigenvalue weighted by Gasteiger charge is 2.40. The van der Waals surface area contributed by atoms with Gasteiger partial charge in [0.25, 0.3) is 0 Å². The number of aliphatic hydroxyl groups excluding tert-OH is 1. The van der Waals surface area contributed by atoms with Crippen LogP contribution in [0.25, 0.3) is 0 Å². The zero-order valence-corrected chi connectivity index (χ0v) is 12.1. The van der Waals surface area contributed by atoms with Crippen LogP contribution in [0.2, 0.25) is 5.02 Å². The summed E-state index contributed by atoms with van der Waals surface area (Å²) in [6, 6.07) is 3.68. The van der Waals surface area contributed by atoms with E-state index in [9.17, 15) is 5.11 Å². The number of rotatable bonds is 3. The minimum absolute atomic E-state index is 0.209. The summed E-state index contributed by atoms with van der Waals surface area (Å²) >= 11 is 6.18. The van der Waals surface area contributed by atoms with Crippen LogP contribution in [0.15, 0.2) is 12.1 Å². The van der Waals surface area contributed by atoms with Crippen LogP contribution < -0.4 is 9.47 Å². The molecule has 1 heterocycles. The van der Waals surface area contributed by atoms with E-state index in [1.165, 1.54) is 25.7 Å². The van der Waals surface area contributed by atoms with Crippen molar-refractivity contribution in [1.29, 1.82) is 0 Å². The predicted molar refractivity (Wildman–Crippen MR) is 76.1 cm³/mol. The molecule has 2 saturated carbocycles. The summed E-state index contributed by atoms with van der Waals surface area (Å²) in [7, 11) is 0. The molecule has 1 aliphatic heterocycles. The molecule has 0 spiro atoms. The van der Waals surface area contributed by atoms with Crippen LogP contribution in [0.1, 0.15) is 43.8 Å². The molecular weight excluding hydrogens is 276 g/mol. The Bertz CT molecular complexity index is 531. The van der Waals surface area contributed by atoms with E-state index in [4.69, 9.17) is 21.1 Å². The topological polar surface area (TPSA) is 38.7 Å². The van der Waals surface area contributed by atoms with Gasteiger partial charge in [-0.15, -0.1) is 0 Å². The first-order valence-electron chi connectivity index (χ1n) is 7.48. The molecule has 0 amide bonds. The van der Waals surface area contributed by atoms with Gasteiger partial charge in [-0.2, -0.15) is 0 Å². The molecule has 2 bridgehead atoms. The highest BCUT2D eigenvalue weighted by atomic mass is 35.5. The van der Waals surface area contributed by atoms with Gasteiger partial charge in [0.15, 0.2) is 11.5 Å². The van der Waals surface area contributed by atoms with Gasteiger partial charge in [0.2, 0.25) is 6.79 Å². The van der Waals surface area contributed by atoms with Gasteiger partial charge in [0.05, 0.1) is 11.1 Å². The molecule has 1 aromatic rings. The molecule has 0 saturated heterocycles. The van der Waals surface area contributed by atoms with Crippen LogP contribution in [0.4, 0.5) is 0 Å². The molecule has 2 fully saturated rings. The number of aliphatic hydroxyl groups is 1. The Morgan fingerprint density at radius 2 is 2.15 bits per heavy atom. The maximum absolute atomic E-state index is 10.5. The van der Waals surface area contributed by atoms with Crippen molar-refractivity contribution in [2.24, 2.45) is 17.8 Å². The molecule has 3 aliphatic rings. The third kappa shape index (κ3) is 2.08. The number of hydrogen-bond donors (Lipinski definition) is 1. The molecule has 3 nitrogen and oxygen atoms in total. The third-order valence-electron chi connectivity index (χ3n) is 5.24. The van der Waals surface area contributed by atoms with Crippen LogP contribution in [0, 0.1) is 17.8 Å². The zero-order chi connectivity index (χ0) is 13.7. The lowest BCUT2D eigenvalue weighted by Gasteiger charge is -2.24. The van der Waals surface area contributed by atoms with Gasteiger partial charge in [-0.1, -0.05) is 18.0 Å². The van der Waals surface area contributed by atoms with Crippen molar-refractivity contribution in [3.8, 4) is 11.5 Å². The fourth-order valence-electron chi connectivity index (χ4n) is 4.27. The van der Waals surface area contributed by atoms with Crippen LogP contribution in [-0.4, -0.2) is 11.9 Å². The zero-order valence-electron chi connectivity index (χ0n) is 11.3. The van der Waals surface area contributed by atoms with Crippen molar-refractivity contribution in [3.05, 3.63) is 22.7 Å². The summed E-state index contributed by atoms with van der Waals surface area (Å²) in [4.78, 5) is 0. The molecule has 0 radical (unpaired) electrons. The molecular formula is C16H19ClO3. The number of ether oxygens (including phenoxy) is 2. The van der Waals surface area contributed by atoms with E-state index in [0.717, 1.165) is 23.8 Å². The Hall–Kier alpha value is -0.930. The standard InChI is InChI=1S/C16H19ClO3/c17-13-5-12(7-15-16(13)20-8-19-15)14(18)6-11-4-9-1-2-10(11)3-9/h5,7,9-11,14,18H,1-4,6,8H2. The maximum Gasteiger partial charge on any atom is 0.231 e. The first kappa shape index (κ1) is 12.8. The Morgan fingerprint density at radius 3 is 2.90 bits per heavy atom. The first-order chi connectivity index (χ1) is 9.70. The highest BCUT2D eigenvalue weighted by Crippen LogP contribution is 2.51.